The Kier molecular flexibility index (Phi) is 3.93. The summed E-state index contributed by atoms with van der Waals surface area (Å²) in [6, 6.07) is 0. The maximum Gasteiger partial charge on any atom is 0.270 e. The summed E-state index contributed by atoms with van der Waals surface area (Å²) in [4.78, 5) is 0. The van der Waals surface area contributed by atoms with Crippen molar-refractivity contribution in [2.24, 2.45) is 5.92 Å². The van der Waals surface area contributed by atoms with Gasteiger partial charge in [0, 0.05) is 6.92 Å². The first kappa shape index (κ1) is 10.8. The van der Waals surface area contributed by atoms with Crippen molar-refractivity contribution in [1.29, 1.82) is 0 Å². The van der Waals surface area contributed by atoms with Gasteiger partial charge in [-0.25, -0.2) is 8.78 Å². The molecule has 2 atom stereocenters. The van der Waals surface area contributed by atoms with Gasteiger partial charge in [-0.15, -0.1) is 0 Å². The highest BCUT2D eigenvalue weighted by Crippen LogP contribution is 2.25. The lowest BCUT2D eigenvalue weighted by Crippen LogP contribution is -2.35. The summed E-state index contributed by atoms with van der Waals surface area (Å²) in [5.41, 5.74) is 0. The second-order valence-corrected chi connectivity index (χ2v) is 3.17. The van der Waals surface area contributed by atoms with Crippen LogP contribution in [0.3, 0.4) is 0 Å². The van der Waals surface area contributed by atoms with Gasteiger partial charge in [0.2, 0.25) is 0 Å². The molecule has 1 nitrogen and oxygen atoms in total. The molecule has 0 rings (SSSR count). The highest BCUT2D eigenvalue weighted by atomic mass is 19.3. The summed E-state index contributed by atoms with van der Waals surface area (Å²) in [5.74, 6) is -3.28. The molecule has 0 aromatic heterocycles. The summed E-state index contributed by atoms with van der Waals surface area (Å²) in [5, 5.41) is 9.04. The molecule has 1 N–H and O–H groups in total. The van der Waals surface area contributed by atoms with E-state index in [2.05, 4.69) is 0 Å². The van der Waals surface area contributed by atoms with Gasteiger partial charge >= 0.3 is 0 Å². The molecule has 0 heterocycles. The van der Waals surface area contributed by atoms with E-state index in [1.54, 1.807) is 6.92 Å². The summed E-state index contributed by atoms with van der Waals surface area (Å²) >= 11 is 0. The van der Waals surface area contributed by atoms with Gasteiger partial charge < -0.3 is 5.11 Å². The molecule has 0 aliphatic carbocycles. The molecule has 68 valence electrons. The molecule has 0 fully saturated rings. The minimum absolute atomic E-state index is 0.319. The van der Waals surface area contributed by atoms with Crippen LogP contribution in [0.4, 0.5) is 8.78 Å². The number of aliphatic hydroxyl groups excluding tert-OH is 1. The monoisotopic (exact) mass is 166 g/mol. The summed E-state index contributed by atoms with van der Waals surface area (Å²) in [7, 11) is 0. The summed E-state index contributed by atoms with van der Waals surface area (Å²) in [6.07, 6.45) is -0.0266. The van der Waals surface area contributed by atoms with E-state index >= 15 is 0 Å². The van der Waals surface area contributed by atoms with Crippen molar-refractivity contribution in [3.63, 3.8) is 0 Å². The number of aliphatic hydroxyl groups is 1. The van der Waals surface area contributed by atoms with Crippen LogP contribution in [0.2, 0.25) is 0 Å². The molecule has 0 spiro atoms. The molecule has 0 bridgehead atoms. The lowest BCUT2D eigenvalue weighted by atomic mass is 9.95. The number of rotatable bonds is 4. The van der Waals surface area contributed by atoms with Crippen LogP contribution in [-0.4, -0.2) is 17.1 Å². The van der Waals surface area contributed by atoms with Crippen LogP contribution in [0.25, 0.3) is 0 Å². The predicted octanol–water partition coefficient (Wildman–Crippen LogP) is 2.44. The van der Waals surface area contributed by atoms with E-state index in [-0.39, 0.29) is 5.92 Å². The molecule has 11 heavy (non-hydrogen) atoms. The molecule has 0 unspecified atom stereocenters. The standard InChI is InChI=1S/C8H16F2O/c1-4-5-6(2)7(11)8(3,9)10/h6-7,11H,4-5H2,1-3H3/t6-,7+/m0/s1. The molecular weight excluding hydrogens is 150 g/mol. The van der Waals surface area contributed by atoms with Crippen LogP contribution in [0.1, 0.15) is 33.6 Å². The van der Waals surface area contributed by atoms with Crippen molar-refractivity contribution in [1.82, 2.24) is 0 Å². The molecule has 0 aliphatic rings. The number of alkyl halides is 2. The zero-order chi connectivity index (χ0) is 9.07. The van der Waals surface area contributed by atoms with Gasteiger partial charge in [0.05, 0.1) is 0 Å². The third kappa shape index (κ3) is 3.65. The highest BCUT2D eigenvalue weighted by molar-refractivity contribution is 4.75. The van der Waals surface area contributed by atoms with Crippen LogP contribution >= 0.6 is 0 Å². The highest BCUT2D eigenvalue weighted by Gasteiger charge is 2.35. The zero-order valence-electron chi connectivity index (χ0n) is 7.27. The largest absolute Gasteiger partial charge is 0.387 e. The van der Waals surface area contributed by atoms with Gasteiger partial charge in [0.1, 0.15) is 6.10 Å². The fourth-order valence-corrected chi connectivity index (χ4v) is 1.11. The van der Waals surface area contributed by atoms with Crippen molar-refractivity contribution >= 4 is 0 Å². The molecule has 0 saturated heterocycles. The number of halogens is 2. The van der Waals surface area contributed by atoms with Gasteiger partial charge in [-0.3, -0.25) is 0 Å². The van der Waals surface area contributed by atoms with Crippen molar-refractivity contribution in [2.45, 2.75) is 45.6 Å². The molecular formula is C8H16F2O. The van der Waals surface area contributed by atoms with E-state index in [0.717, 1.165) is 13.3 Å². The van der Waals surface area contributed by atoms with E-state index in [1.165, 1.54) is 0 Å². The van der Waals surface area contributed by atoms with Crippen LogP contribution in [0.5, 0.6) is 0 Å². The van der Waals surface area contributed by atoms with Gasteiger partial charge in [-0.05, 0) is 12.3 Å². The predicted molar refractivity (Wildman–Crippen MR) is 40.7 cm³/mol. The van der Waals surface area contributed by atoms with Gasteiger partial charge in [-0.1, -0.05) is 20.3 Å². The van der Waals surface area contributed by atoms with Gasteiger partial charge in [-0.2, -0.15) is 0 Å². The van der Waals surface area contributed by atoms with Gasteiger partial charge in [0.15, 0.2) is 0 Å². The molecule has 0 aliphatic heterocycles. The second-order valence-electron chi connectivity index (χ2n) is 3.17. The fourth-order valence-electron chi connectivity index (χ4n) is 1.11. The Morgan fingerprint density at radius 3 is 2.18 bits per heavy atom. The Morgan fingerprint density at radius 2 is 1.91 bits per heavy atom. The van der Waals surface area contributed by atoms with Crippen molar-refractivity contribution in [3.05, 3.63) is 0 Å². The Balaban J connectivity index is 3.91. The zero-order valence-corrected chi connectivity index (χ0v) is 7.27. The second kappa shape index (κ2) is 4.00. The van der Waals surface area contributed by atoms with E-state index in [1.807, 2.05) is 6.92 Å². The maximum absolute atomic E-state index is 12.4. The first-order chi connectivity index (χ1) is 4.89. The quantitative estimate of drug-likeness (QED) is 0.680. The normalized spacial score (nSPS) is 18.0. The Bertz CT molecular complexity index is 109. The topological polar surface area (TPSA) is 20.2 Å². The SMILES string of the molecule is CCC[C@H](C)[C@@H](O)C(C)(F)F. The lowest BCUT2D eigenvalue weighted by molar-refractivity contribution is -0.116. The Morgan fingerprint density at radius 1 is 1.45 bits per heavy atom. The number of hydrogen-bond acceptors (Lipinski definition) is 1. The molecule has 0 aromatic carbocycles. The van der Waals surface area contributed by atoms with E-state index < -0.39 is 12.0 Å². The first-order valence-corrected chi connectivity index (χ1v) is 3.95. The van der Waals surface area contributed by atoms with E-state index in [4.69, 9.17) is 5.11 Å². The van der Waals surface area contributed by atoms with E-state index in [0.29, 0.717) is 6.42 Å². The molecule has 0 radical (unpaired) electrons. The summed E-state index contributed by atoms with van der Waals surface area (Å²) in [6.45, 7) is 4.31. The third-order valence-electron chi connectivity index (χ3n) is 1.80. The Hall–Kier alpha value is -0.180. The first-order valence-electron chi connectivity index (χ1n) is 3.95. The van der Waals surface area contributed by atoms with Crippen LogP contribution < -0.4 is 0 Å². The average Bonchev–Trinajstić information content (AvgIpc) is 1.85. The number of hydrogen-bond donors (Lipinski definition) is 1. The van der Waals surface area contributed by atoms with Gasteiger partial charge in [0.25, 0.3) is 5.92 Å². The lowest BCUT2D eigenvalue weighted by Gasteiger charge is -2.23. The van der Waals surface area contributed by atoms with Crippen molar-refractivity contribution in [3.8, 4) is 0 Å². The van der Waals surface area contributed by atoms with Crippen LogP contribution in [0.15, 0.2) is 0 Å². The minimum Gasteiger partial charge on any atom is -0.387 e. The maximum atomic E-state index is 12.4. The smallest absolute Gasteiger partial charge is 0.270 e. The van der Waals surface area contributed by atoms with Crippen molar-refractivity contribution in [2.75, 3.05) is 0 Å². The molecule has 0 saturated carbocycles. The molecule has 3 heteroatoms. The average molecular weight is 166 g/mol. The van der Waals surface area contributed by atoms with Crippen molar-refractivity contribution < 1.29 is 13.9 Å². The fraction of sp³-hybridized carbons (Fsp3) is 1.00. The summed E-state index contributed by atoms with van der Waals surface area (Å²) < 4.78 is 24.9. The van der Waals surface area contributed by atoms with Crippen LogP contribution in [-0.2, 0) is 0 Å². The molecule has 0 aromatic rings. The third-order valence-corrected chi connectivity index (χ3v) is 1.80. The van der Waals surface area contributed by atoms with Crippen LogP contribution in [0, 0.1) is 5.92 Å². The minimum atomic E-state index is -2.96. The van der Waals surface area contributed by atoms with E-state index in [9.17, 15) is 8.78 Å². The molecule has 0 amide bonds. The Labute approximate surface area is 66.4 Å².